The van der Waals surface area contributed by atoms with E-state index in [2.05, 4.69) is 145 Å². The van der Waals surface area contributed by atoms with Crippen molar-refractivity contribution in [3.63, 3.8) is 0 Å². The second-order valence-corrected chi connectivity index (χ2v) is 10.7. The highest BCUT2D eigenvalue weighted by Crippen LogP contribution is 2.47. The molecule has 2 nitrogen and oxygen atoms in total. The standard InChI is InChI=1S/C39H27NO/c1-26-17-22-31(23-18-26)40(36-15-8-14-34-33-13-6-7-16-37(33)41-39(34)36)35-24-21-28-10-4-5-12-32(28)38(35)30-20-19-27-9-2-3-11-29(27)25-30/h2-25H,1H3. The summed E-state index contributed by atoms with van der Waals surface area (Å²) in [7, 11) is 0. The van der Waals surface area contributed by atoms with Gasteiger partial charge in [-0.15, -0.1) is 0 Å². The molecule has 7 aromatic carbocycles. The van der Waals surface area contributed by atoms with Crippen LogP contribution in [0.5, 0.6) is 0 Å². The molecular formula is C39H27NO. The molecule has 8 rings (SSSR count). The van der Waals surface area contributed by atoms with Gasteiger partial charge in [0.2, 0.25) is 0 Å². The first-order chi connectivity index (χ1) is 20.2. The van der Waals surface area contributed by atoms with Crippen LogP contribution in [0.15, 0.2) is 150 Å². The summed E-state index contributed by atoms with van der Waals surface area (Å²) in [5, 5.41) is 7.13. The van der Waals surface area contributed by atoms with Gasteiger partial charge >= 0.3 is 0 Å². The molecule has 8 aromatic rings. The summed E-state index contributed by atoms with van der Waals surface area (Å²) in [5.41, 5.74) is 8.59. The molecule has 0 saturated heterocycles. The monoisotopic (exact) mass is 525 g/mol. The molecule has 0 aliphatic carbocycles. The van der Waals surface area contributed by atoms with Crippen molar-refractivity contribution in [1.29, 1.82) is 0 Å². The van der Waals surface area contributed by atoms with E-state index in [0.29, 0.717) is 0 Å². The van der Waals surface area contributed by atoms with Crippen LogP contribution in [0.4, 0.5) is 17.1 Å². The van der Waals surface area contributed by atoms with Gasteiger partial charge in [-0.3, -0.25) is 0 Å². The van der Waals surface area contributed by atoms with Crippen molar-refractivity contribution < 1.29 is 4.42 Å². The summed E-state index contributed by atoms with van der Waals surface area (Å²) in [6.07, 6.45) is 0. The van der Waals surface area contributed by atoms with Gasteiger partial charge in [-0.1, -0.05) is 115 Å². The highest BCUT2D eigenvalue weighted by Gasteiger charge is 2.23. The number of fused-ring (bicyclic) bond motifs is 5. The van der Waals surface area contributed by atoms with E-state index >= 15 is 0 Å². The Bertz CT molecular complexity index is 2220. The van der Waals surface area contributed by atoms with E-state index in [1.165, 1.54) is 38.2 Å². The zero-order valence-corrected chi connectivity index (χ0v) is 22.7. The lowest BCUT2D eigenvalue weighted by Gasteiger charge is -2.29. The van der Waals surface area contributed by atoms with E-state index in [0.717, 1.165) is 39.0 Å². The summed E-state index contributed by atoms with van der Waals surface area (Å²) in [5.74, 6) is 0. The molecule has 0 radical (unpaired) electrons. The fraction of sp³-hybridized carbons (Fsp3) is 0.0256. The van der Waals surface area contributed by atoms with Crippen molar-refractivity contribution in [1.82, 2.24) is 0 Å². The van der Waals surface area contributed by atoms with Crippen molar-refractivity contribution in [2.75, 3.05) is 4.90 Å². The van der Waals surface area contributed by atoms with Gasteiger partial charge in [-0.05, 0) is 70.4 Å². The number of rotatable bonds is 4. The Morgan fingerprint density at radius 2 is 1.17 bits per heavy atom. The van der Waals surface area contributed by atoms with Gasteiger partial charge in [0.25, 0.3) is 0 Å². The van der Waals surface area contributed by atoms with E-state index in [1.54, 1.807) is 0 Å². The number of furan rings is 1. The Hall–Kier alpha value is -5.34. The number of benzene rings is 7. The molecule has 0 aliphatic rings. The number of anilines is 3. The van der Waals surface area contributed by atoms with E-state index in [9.17, 15) is 0 Å². The molecule has 0 unspecified atom stereocenters. The number of hydrogen-bond donors (Lipinski definition) is 0. The van der Waals surface area contributed by atoms with Gasteiger partial charge in [0.1, 0.15) is 5.58 Å². The normalized spacial score (nSPS) is 11.5. The summed E-state index contributed by atoms with van der Waals surface area (Å²) in [6, 6.07) is 52.0. The molecule has 2 heteroatoms. The van der Waals surface area contributed by atoms with E-state index in [1.807, 2.05) is 12.1 Å². The fourth-order valence-electron chi connectivity index (χ4n) is 6.10. The molecule has 0 fully saturated rings. The molecular weight excluding hydrogens is 498 g/mol. The van der Waals surface area contributed by atoms with Crippen LogP contribution in [0.3, 0.4) is 0 Å². The van der Waals surface area contributed by atoms with Gasteiger partial charge in [0.05, 0.1) is 11.4 Å². The first kappa shape index (κ1) is 23.5. The topological polar surface area (TPSA) is 16.4 Å². The average Bonchev–Trinajstić information content (AvgIpc) is 3.41. The molecule has 0 aliphatic heterocycles. The third-order valence-electron chi connectivity index (χ3n) is 8.10. The van der Waals surface area contributed by atoms with Crippen molar-refractivity contribution >= 4 is 60.5 Å². The van der Waals surface area contributed by atoms with Gasteiger partial charge in [0.15, 0.2) is 5.58 Å². The van der Waals surface area contributed by atoms with Crippen LogP contribution in [0.25, 0.3) is 54.6 Å². The van der Waals surface area contributed by atoms with E-state index < -0.39 is 0 Å². The maximum absolute atomic E-state index is 6.58. The lowest BCUT2D eigenvalue weighted by molar-refractivity contribution is 0.669. The van der Waals surface area contributed by atoms with Crippen molar-refractivity contribution in [2.24, 2.45) is 0 Å². The van der Waals surface area contributed by atoms with Crippen LogP contribution in [0.1, 0.15) is 5.56 Å². The van der Waals surface area contributed by atoms with Crippen molar-refractivity contribution in [3.05, 3.63) is 151 Å². The number of aryl methyl sites for hydroxylation is 1. The van der Waals surface area contributed by atoms with Crippen LogP contribution < -0.4 is 4.90 Å². The van der Waals surface area contributed by atoms with Gasteiger partial charge in [-0.25, -0.2) is 0 Å². The van der Waals surface area contributed by atoms with Crippen LogP contribution in [0, 0.1) is 6.92 Å². The predicted molar refractivity (Wildman–Crippen MR) is 174 cm³/mol. The molecule has 41 heavy (non-hydrogen) atoms. The molecule has 0 N–H and O–H groups in total. The molecule has 0 spiro atoms. The van der Waals surface area contributed by atoms with Gasteiger partial charge in [0, 0.05) is 22.0 Å². The summed E-state index contributed by atoms with van der Waals surface area (Å²) in [6.45, 7) is 2.13. The van der Waals surface area contributed by atoms with Crippen LogP contribution in [-0.2, 0) is 0 Å². The fourth-order valence-corrected chi connectivity index (χ4v) is 6.10. The summed E-state index contributed by atoms with van der Waals surface area (Å²) in [4.78, 5) is 2.36. The third kappa shape index (κ3) is 3.88. The maximum atomic E-state index is 6.58. The minimum absolute atomic E-state index is 0.881. The highest BCUT2D eigenvalue weighted by molar-refractivity contribution is 6.12. The van der Waals surface area contributed by atoms with Gasteiger partial charge < -0.3 is 9.32 Å². The van der Waals surface area contributed by atoms with Crippen molar-refractivity contribution in [3.8, 4) is 11.1 Å². The summed E-state index contributed by atoms with van der Waals surface area (Å²) < 4.78 is 6.58. The Kier molecular flexibility index (Phi) is 5.39. The lowest BCUT2D eigenvalue weighted by Crippen LogP contribution is -2.12. The van der Waals surface area contributed by atoms with Crippen LogP contribution >= 0.6 is 0 Å². The third-order valence-corrected chi connectivity index (χ3v) is 8.10. The lowest BCUT2D eigenvalue weighted by atomic mass is 9.93. The van der Waals surface area contributed by atoms with Crippen LogP contribution in [0.2, 0.25) is 0 Å². The molecule has 0 bridgehead atoms. The largest absolute Gasteiger partial charge is 0.454 e. The molecule has 0 saturated carbocycles. The molecule has 0 amide bonds. The molecule has 194 valence electrons. The molecule has 1 aromatic heterocycles. The van der Waals surface area contributed by atoms with Crippen LogP contribution in [-0.4, -0.2) is 0 Å². The Morgan fingerprint density at radius 3 is 2.02 bits per heavy atom. The Morgan fingerprint density at radius 1 is 0.488 bits per heavy atom. The molecule has 1 heterocycles. The average molecular weight is 526 g/mol. The molecule has 0 atom stereocenters. The minimum Gasteiger partial charge on any atom is -0.454 e. The van der Waals surface area contributed by atoms with Crippen molar-refractivity contribution in [2.45, 2.75) is 6.92 Å². The maximum Gasteiger partial charge on any atom is 0.159 e. The minimum atomic E-state index is 0.881. The van der Waals surface area contributed by atoms with Gasteiger partial charge in [-0.2, -0.15) is 0 Å². The second kappa shape index (κ2) is 9.39. The first-order valence-electron chi connectivity index (χ1n) is 14.0. The zero-order chi connectivity index (χ0) is 27.3. The SMILES string of the molecule is Cc1ccc(N(c2ccc3ccccc3c2-c2ccc3ccccc3c2)c2cccc3c2oc2ccccc23)cc1. The zero-order valence-electron chi connectivity index (χ0n) is 22.7. The smallest absolute Gasteiger partial charge is 0.159 e. The Balaban J connectivity index is 1.48. The predicted octanol–water partition coefficient (Wildman–Crippen LogP) is 11.3. The Labute approximate surface area is 238 Å². The number of hydrogen-bond acceptors (Lipinski definition) is 2. The second-order valence-electron chi connectivity index (χ2n) is 10.7. The highest BCUT2D eigenvalue weighted by atomic mass is 16.3. The van der Waals surface area contributed by atoms with E-state index in [4.69, 9.17) is 4.42 Å². The first-order valence-corrected chi connectivity index (χ1v) is 14.0. The summed E-state index contributed by atoms with van der Waals surface area (Å²) >= 11 is 0. The number of nitrogens with zero attached hydrogens (tertiary/aromatic N) is 1. The number of para-hydroxylation sites is 2. The quantitative estimate of drug-likeness (QED) is 0.227. The van der Waals surface area contributed by atoms with E-state index in [-0.39, 0.29) is 0 Å².